The van der Waals surface area contributed by atoms with E-state index in [-0.39, 0.29) is 12.6 Å². The molecule has 1 aliphatic rings. The maximum Gasteiger partial charge on any atom is 0.320 e. The van der Waals surface area contributed by atoms with Gasteiger partial charge in [0.25, 0.3) is 0 Å². The Balaban J connectivity index is 2.07. The molecule has 1 N–H and O–H groups in total. The maximum absolute atomic E-state index is 12.6. The summed E-state index contributed by atoms with van der Waals surface area (Å²) >= 11 is 11.9. The van der Waals surface area contributed by atoms with E-state index in [9.17, 15) is 4.79 Å². The average Bonchev–Trinajstić information content (AvgIpc) is 2.55. The first-order valence-electron chi connectivity index (χ1n) is 7.28. The van der Waals surface area contributed by atoms with Gasteiger partial charge in [-0.25, -0.2) is 4.79 Å². The van der Waals surface area contributed by atoms with Crippen molar-refractivity contribution in [3.05, 3.63) is 33.8 Å². The minimum Gasteiger partial charge on any atom is -0.396 e. The van der Waals surface area contributed by atoms with Gasteiger partial charge in [0.05, 0.1) is 23.3 Å². The zero-order chi connectivity index (χ0) is 15.9. The molecule has 122 valence electrons. The highest BCUT2D eigenvalue weighted by atomic mass is 35.5. The number of hydrogen-bond donors (Lipinski definition) is 1. The fourth-order valence-electron chi connectivity index (χ4n) is 2.32. The van der Waals surface area contributed by atoms with Gasteiger partial charge in [-0.05, 0) is 24.1 Å². The Bertz CT molecular complexity index is 508. The van der Waals surface area contributed by atoms with Crippen LogP contribution < -0.4 is 0 Å². The highest BCUT2D eigenvalue weighted by Gasteiger charge is 2.22. The molecule has 0 aliphatic carbocycles. The third-order valence-corrected chi connectivity index (χ3v) is 4.23. The molecule has 0 radical (unpaired) electrons. The number of carbonyl (C=O) groups excluding carboxylic acids is 1. The van der Waals surface area contributed by atoms with Crippen LogP contribution in [0, 0.1) is 0 Å². The normalized spacial score (nSPS) is 15.0. The first-order valence-corrected chi connectivity index (χ1v) is 8.04. The second-order valence-corrected chi connectivity index (χ2v) is 5.94. The van der Waals surface area contributed by atoms with E-state index < -0.39 is 0 Å². The van der Waals surface area contributed by atoms with Gasteiger partial charge in [-0.3, -0.25) is 0 Å². The Morgan fingerprint density at radius 3 is 2.64 bits per heavy atom. The van der Waals surface area contributed by atoms with Gasteiger partial charge in [0.1, 0.15) is 0 Å². The Kier molecular flexibility index (Phi) is 6.76. The molecule has 22 heavy (non-hydrogen) atoms. The van der Waals surface area contributed by atoms with Crippen molar-refractivity contribution < 1.29 is 14.6 Å². The van der Waals surface area contributed by atoms with Crippen LogP contribution in [-0.2, 0) is 11.3 Å². The standard InChI is InChI=1S/C15H20Cl2N2O3/c16-13-3-2-12(10-14(13)17)11-19(4-1-7-20)15(21)18-5-8-22-9-6-18/h2-3,10,20H,1,4-9,11H2. The van der Waals surface area contributed by atoms with Crippen LogP contribution in [0.2, 0.25) is 10.0 Å². The number of morpholine rings is 1. The Labute approximate surface area is 140 Å². The molecule has 0 bridgehead atoms. The van der Waals surface area contributed by atoms with Crippen LogP contribution >= 0.6 is 23.2 Å². The molecular formula is C15H20Cl2N2O3. The van der Waals surface area contributed by atoms with Crippen molar-refractivity contribution in [3.63, 3.8) is 0 Å². The van der Waals surface area contributed by atoms with E-state index in [4.69, 9.17) is 33.0 Å². The van der Waals surface area contributed by atoms with Crippen LogP contribution in [0.25, 0.3) is 0 Å². The number of benzene rings is 1. The van der Waals surface area contributed by atoms with Gasteiger partial charge in [0.2, 0.25) is 0 Å². The lowest BCUT2D eigenvalue weighted by Crippen LogP contribution is -2.48. The van der Waals surface area contributed by atoms with Gasteiger partial charge in [0, 0.05) is 32.8 Å². The Morgan fingerprint density at radius 2 is 2.00 bits per heavy atom. The van der Waals surface area contributed by atoms with E-state index in [2.05, 4.69) is 0 Å². The van der Waals surface area contributed by atoms with Crippen molar-refractivity contribution in [1.29, 1.82) is 0 Å². The van der Waals surface area contributed by atoms with Crippen molar-refractivity contribution >= 4 is 29.2 Å². The summed E-state index contributed by atoms with van der Waals surface area (Å²) in [4.78, 5) is 16.1. The number of ether oxygens (including phenoxy) is 1. The lowest BCUT2D eigenvalue weighted by Gasteiger charge is -2.33. The molecule has 1 aromatic carbocycles. The molecule has 1 aliphatic heterocycles. The highest BCUT2D eigenvalue weighted by Crippen LogP contribution is 2.23. The van der Waals surface area contributed by atoms with Crippen molar-refractivity contribution in [2.24, 2.45) is 0 Å². The van der Waals surface area contributed by atoms with Crippen molar-refractivity contribution in [1.82, 2.24) is 9.80 Å². The molecule has 0 saturated carbocycles. The minimum atomic E-state index is -0.0391. The summed E-state index contributed by atoms with van der Waals surface area (Å²) in [6.07, 6.45) is 0.539. The van der Waals surface area contributed by atoms with Crippen LogP contribution in [0.15, 0.2) is 18.2 Å². The van der Waals surface area contributed by atoms with Gasteiger partial charge in [-0.15, -0.1) is 0 Å². The van der Waals surface area contributed by atoms with Gasteiger partial charge >= 0.3 is 6.03 Å². The molecule has 2 amide bonds. The van der Waals surface area contributed by atoms with Gasteiger partial charge < -0.3 is 19.6 Å². The number of rotatable bonds is 5. The molecule has 1 saturated heterocycles. The number of urea groups is 1. The Hall–Kier alpha value is -1.01. The van der Waals surface area contributed by atoms with E-state index in [1.54, 1.807) is 21.9 Å². The molecule has 1 aromatic rings. The molecular weight excluding hydrogens is 327 g/mol. The predicted octanol–water partition coefficient (Wildman–Crippen LogP) is 2.63. The zero-order valence-corrected chi connectivity index (χ0v) is 13.8. The van der Waals surface area contributed by atoms with Crippen LogP contribution in [0.5, 0.6) is 0 Å². The van der Waals surface area contributed by atoms with Crippen LogP contribution in [0.3, 0.4) is 0 Å². The summed E-state index contributed by atoms with van der Waals surface area (Å²) in [5, 5.41) is 10.0. The van der Waals surface area contributed by atoms with E-state index in [0.717, 1.165) is 5.56 Å². The second kappa shape index (κ2) is 8.58. The molecule has 0 spiro atoms. The fraction of sp³-hybridized carbons (Fsp3) is 0.533. The van der Waals surface area contributed by atoms with E-state index in [1.807, 2.05) is 6.07 Å². The first kappa shape index (κ1) is 17.3. The second-order valence-electron chi connectivity index (χ2n) is 5.13. The van der Waals surface area contributed by atoms with Crippen molar-refractivity contribution in [3.8, 4) is 0 Å². The van der Waals surface area contributed by atoms with Gasteiger partial charge in [-0.1, -0.05) is 29.3 Å². The molecule has 7 heteroatoms. The zero-order valence-electron chi connectivity index (χ0n) is 12.3. The molecule has 1 fully saturated rings. The summed E-state index contributed by atoms with van der Waals surface area (Å²) in [5.74, 6) is 0. The number of carbonyl (C=O) groups is 1. The van der Waals surface area contributed by atoms with E-state index >= 15 is 0 Å². The molecule has 1 heterocycles. The quantitative estimate of drug-likeness (QED) is 0.891. The molecule has 0 unspecified atom stereocenters. The van der Waals surface area contributed by atoms with Crippen LogP contribution in [0.4, 0.5) is 4.79 Å². The monoisotopic (exact) mass is 346 g/mol. The number of hydrogen-bond acceptors (Lipinski definition) is 3. The highest BCUT2D eigenvalue weighted by molar-refractivity contribution is 6.42. The molecule has 0 aromatic heterocycles. The fourth-order valence-corrected chi connectivity index (χ4v) is 2.64. The van der Waals surface area contributed by atoms with Crippen molar-refractivity contribution in [2.75, 3.05) is 39.5 Å². The van der Waals surface area contributed by atoms with Crippen LogP contribution in [-0.4, -0.2) is 60.4 Å². The minimum absolute atomic E-state index is 0.0391. The Morgan fingerprint density at radius 1 is 1.27 bits per heavy atom. The topological polar surface area (TPSA) is 53.0 Å². The molecule has 0 atom stereocenters. The number of amides is 2. The van der Waals surface area contributed by atoms with E-state index in [1.165, 1.54) is 0 Å². The predicted molar refractivity (Wildman–Crippen MR) is 86.4 cm³/mol. The summed E-state index contributed by atoms with van der Waals surface area (Å²) in [6, 6.07) is 5.31. The summed E-state index contributed by atoms with van der Waals surface area (Å²) in [5.41, 5.74) is 0.911. The third-order valence-electron chi connectivity index (χ3n) is 3.50. The van der Waals surface area contributed by atoms with Crippen molar-refractivity contribution in [2.45, 2.75) is 13.0 Å². The summed E-state index contributed by atoms with van der Waals surface area (Å²) in [6.45, 7) is 3.29. The SMILES string of the molecule is O=C(N1CCOCC1)N(CCCO)Cc1ccc(Cl)c(Cl)c1. The average molecular weight is 347 g/mol. The van der Waals surface area contributed by atoms with Crippen LogP contribution in [0.1, 0.15) is 12.0 Å². The van der Waals surface area contributed by atoms with Gasteiger partial charge in [0.15, 0.2) is 0 Å². The number of aliphatic hydroxyl groups excluding tert-OH is 1. The molecule has 5 nitrogen and oxygen atoms in total. The lowest BCUT2D eigenvalue weighted by atomic mass is 10.2. The lowest BCUT2D eigenvalue weighted by molar-refractivity contribution is 0.0421. The number of halogens is 2. The summed E-state index contributed by atoms with van der Waals surface area (Å²) < 4.78 is 5.27. The third kappa shape index (κ3) is 4.74. The number of nitrogens with zero attached hydrogens (tertiary/aromatic N) is 2. The maximum atomic E-state index is 12.6. The smallest absolute Gasteiger partial charge is 0.320 e. The van der Waals surface area contributed by atoms with Gasteiger partial charge in [-0.2, -0.15) is 0 Å². The number of aliphatic hydroxyl groups is 1. The summed E-state index contributed by atoms with van der Waals surface area (Å²) in [7, 11) is 0. The largest absolute Gasteiger partial charge is 0.396 e. The first-order chi connectivity index (χ1) is 10.6. The molecule has 2 rings (SSSR count). The van der Waals surface area contributed by atoms with E-state index in [0.29, 0.717) is 55.9 Å².